The SMILES string of the molecule is CCCNc1ccc(C(=O)Nc2nnc(C)s2)cn1. The summed E-state index contributed by atoms with van der Waals surface area (Å²) in [5.74, 6) is 0.538. The van der Waals surface area contributed by atoms with Crippen LogP contribution in [0, 0.1) is 6.92 Å². The van der Waals surface area contributed by atoms with Gasteiger partial charge in [-0.25, -0.2) is 4.98 Å². The molecule has 0 aliphatic rings. The van der Waals surface area contributed by atoms with Crippen molar-refractivity contribution in [2.45, 2.75) is 20.3 Å². The van der Waals surface area contributed by atoms with Crippen molar-refractivity contribution in [3.05, 3.63) is 28.9 Å². The van der Waals surface area contributed by atoms with Gasteiger partial charge in [-0.05, 0) is 25.5 Å². The van der Waals surface area contributed by atoms with Crippen molar-refractivity contribution >= 4 is 28.2 Å². The van der Waals surface area contributed by atoms with Crippen molar-refractivity contribution in [2.75, 3.05) is 17.2 Å². The molecular weight excluding hydrogens is 262 g/mol. The Hall–Kier alpha value is -2.02. The molecule has 1 amide bonds. The summed E-state index contributed by atoms with van der Waals surface area (Å²) >= 11 is 1.34. The number of carbonyl (C=O) groups is 1. The molecule has 0 saturated heterocycles. The van der Waals surface area contributed by atoms with E-state index >= 15 is 0 Å². The highest BCUT2D eigenvalue weighted by atomic mass is 32.1. The number of nitrogens with one attached hydrogen (secondary N) is 2. The molecule has 7 heteroatoms. The minimum atomic E-state index is -0.231. The van der Waals surface area contributed by atoms with Gasteiger partial charge in [-0.3, -0.25) is 10.1 Å². The second-order valence-electron chi connectivity index (χ2n) is 3.94. The van der Waals surface area contributed by atoms with Crippen LogP contribution in [0.5, 0.6) is 0 Å². The van der Waals surface area contributed by atoms with E-state index in [1.807, 2.05) is 6.92 Å². The normalized spacial score (nSPS) is 10.2. The summed E-state index contributed by atoms with van der Waals surface area (Å²) in [7, 11) is 0. The molecule has 0 spiro atoms. The highest BCUT2D eigenvalue weighted by Crippen LogP contribution is 2.15. The summed E-state index contributed by atoms with van der Waals surface area (Å²) in [5, 5.41) is 14.8. The third-order valence-electron chi connectivity index (χ3n) is 2.33. The minimum absolute atomic E-state index is 0.231. The topological polar surface area (TPSA) is 79.8 Å². The highest BCUT2D eigenvalue weighted by molar-refractivity contribution is 7.15. The molecule has 0 aromatic carbocycles. The Morgan fingerprint density at radius 2 is 2.21 bits per heavy atom. The van der Waals surface area contributed by atoms with E-state index in [-0.39, 0.29) is 5.91 Å². The van der Waals surface area contributed by atoms with Crippen molar-refractivity contribution < 1.29 is 4.79 Å². The number of amides is 1. The van der Waals surface area contributed by atoms with E-state index in [0.717, 1.165) is 23.8 Å². The van der Waals surface area contributed by atoms with Gasteiger partial charge in [0.05, 0.1) is 5.56 Å². The molecule has 0 aliphatic heterocycles. The molecule has 0 fully saturated rings. The Morgan fingerprint density at radius 1 is 1.37 bits per heavy atom. The van der Waals surface area contributed by atoms with Crippen molar-refractivity contribution in [2.24, 2.45) is 0 Å². The van der Waals surface area contributed by atoms with E-state index in [2.05, 4.69) is 32.7 Å². The summed E-state index contributed by atoms with van der Waals surface area (Å²) in [4.78, 5) is 16.1. The zero-order chi connectivity index (χ0) is 13.7. The summed E-state index contributed by atoms with van der Waals surface area (Å²) in [5.41, 5.74) is 0.495. The fourth-order valence-electron chi connectivity index (χ4n) is 1.40. The van der Waals surface area contributed by atoms with Gasteiger partial charge in [0.1, 0.15) is 10.8 Å². The molecule has 0 aliphatic carbocycles. The second-order valence-corrected chi connectivity index (χ2v) is 5.12. The van der Waals surface area contributed by atoms with Crippen molar-refractivity contribution in [3.8, 4) is 0 Å². The molecule has 2 aromatic rings. The Labute approximate surface area is 115 Å². The number of hydrogen-bond acceptors (Lipinski definition) is 6. The summed E-state index contributed by atoms with van der Waals surface area (Å²) in [6.45, 7) is 4.78. The zero-order valence-electron chi connectivity index (χ0n) is 10.8. The molecule has 100 valence electrons. The number of nitrogens with zero attached hydrogens (tertiary/aromatic N) is 3. The molecule has 0 saturated carbocycles. The largest absolute Gasteiger partial charge is 0.370 e. The third kappa shape index (κ3) is 3.72. The maximum atomic E-state index is 11.9. The average molecular weight is 277 g/mol. The molecule has 2 aromatic heterocycles. The lowest BCUT2D eigenvalue weighted by molar-refractivity contribution is 0.102. The first-order chi connectivity index (χ1) is 9.19. The molecule has 2 N–H and O–H groups in total. The minimum Gasteiger partial charge on any atom is -0.370 e. The van der Waals surface area contributed by atoms with E-state index in [1.165, 1.54) is 11.3 Å². The molecule has 0 unspecified atom stereocenters. The molecule has 6 nitrogen and oxygen atoms in total. The van der Waals surface area contributed by atoms with Crippen molar-refractivity contribution in [3.63, 3.8) is 0 Å². The van der Waals surface area contributed by atoms with Crippen LogP contribution in [0.25, 0.3) is 0 Å². The average Bonchev–Trinajstić information content (AvgIpc) is 2.82. The lowest BCUT2D eigenvalue weighted by Crippen LogP contribution is -2.12. The van der Waals surface area contributed by atoms with Crippen LogP contribution in [0.15, 0.2) is 18.3 Å². The summed E-state index contributed by atoms with van der Waals surface area (Å²) in [6, 6.07) is 3.52. The monoisotopic (exact) mass is 277 g/mol. The van der Waals surface area contributed by atoms with Gasteiger partial charge in [0, 0.05) is 12.7 Å². The Bertz CT molecular complexity index is 552. The highest BCUT2D eigenvalue weighted by Gasteiger charge is 2.09. The van der Waals surface area contributed by atoms with E-state index < -0.39 is 0 Å². The predicted molar refractivity (Wildman–Crippen MR) is 75.6 cm³/mol. The molecule has 19 heavy (non-hydrogen) atoms. The molecule has 2 rings (SSSR count). The number of anilines is 2. The van der Waals surface area contributed by atoms with Gasteiger partial charge < -0.3 is 5.32 Å². The van der Waals surface area contributed by atoms with Crippen LogP contribution in [0.4, 0.5) is 10.9 Å². The number of pyridine rings is 1. The number of aromatic nitrogens is 3. The fraction of sp³-hybridized carbons (Fsp3) is 0.333. The first kappa shape index (κ1) is 13.4. The number of carbonyl (C=O) groups excluding carboxylic acids is 1. The maximum absolute atomic E-state index is 11.9. The van der Waals surface area contributed by atoms with Crippen LogP contribution in [0.1, 0.15) is 28.7 Å². The van der Waals surface area contributed by atoms with Gasteiger partial charge in [-0.2, -0.15) is 0 Å². The van der Waals surface area contributed by atoms with Crippen molar-refractivity contribution in [1.82, 2.24) is 15.2 Å². The summed E-state index contributed by atoms with van der Waals surface area (Å²) < 4.78 is 0. The van der Waals surface area contributed by atoms with Gasteiger partial charge >= 0.3 is 0 Å². The van der Waals surface area contributed by atoms with Crippen LogP contribution >= 0.6 is 11.3 Å². The van der Waals surface area contributed by atoms with Gasteiger partial charge in [-0.15, -0.1) is 10.2 Å². The smallest absolute Gasteiger partial charge is 0.259 e. The van der Waals surface area contributed by atoms with Crippen LogP contribution in [-0.4, -0.2) is 27.6 Å². The molecule has 0 bridgehead atoms. The number of rotatable bonds is 5. The van der Waals surface area contributed by atoms with Gasteiger partial charge in [-0.1, -0.05) is 18.3 Å². The first-order valence-corrected chi connectivity index (χ1v) is 6.82. The summed E-state index contributed by atoms with van der Waals surface area (Å²) in [6.07, 6.45) is 2.57. The van der Waals surface area contributed by atoms with E-state index in [0.29, 0.717) is 10.7 Å². The number of aryl methyl sites for hydroxylation is 1. The molecular formula is C12H15N5OS. The third-order valence-corrected chi connectivity index (χ3v) is 3.08. The Kier molecular flexibility index (Phi) is 4.40. The zero-order valence-corrected chi connectivity index (χ0v) is 11.6. The maximum Gasteiger partial charge on any atom is 0.259 e. The van der Waals surface area contributed by atoms with Gasteiger partial charge in [0.15, 0.2) is 0 Å². The lowest BCUT2D eigenvalue weighted by Gasteiger charge is -2.04. The Balaban J connectivity index is 1.99. The van der Waals surface area contributed by atoms with Crippen molar-refractivity contribution in [1.29, 1.82) is 0 Å². The first-order valence-electron chi connectivity index (χ1n) is 6.00. The predicted octanol–water partition coefficient (Wildman–Crippen LogP) is 2.32. The van der Waals surface area contributed by atoms with E-state index in [4.69, 9.17) is 0 Å². The lowest BCUT2D eigenvalue weighted by atomic mass is 10.2. The van der Waals surface area contributed by atoms with Gasteiger partial charge in [0.25, 0.3) is 5.91 Å². The van der Waals surface area contributed by atoms with Gasteiger partial charge in [0.2, 0.25) is 5.13 Å². The fourth-order valence-corrected chi connectivity index (χ4v) is 1.99. The van der Waals surface area contributed by atoms with Crippen LogP contribution in [-0.2, 0) is 0 Å². The standard InChI is InChI=1S/C12H15N5OS/c1-3-6-13-10-5-4-9(7-14-10)11(18)15-12-17-16-8(2)19-12/h4-5,7H,3,6H2,1-2H3,(H,13,14)(H,15,17,18). The van der Waals surface area contributed by atoms with E-state index in [9.17, 15) is 4.79 Å². The van der Waals surface area contributed by atoms with Crippen LogP contribution < -0.4 is 10.6 Å². The van der Waals surface area contributed by atoms with Crippen LogP contribution in [0.2, 0.25) is 0 Å². The molecule has 0 radical (unpaired) electrons. The molecule has 0 atom stereocenters. The van der Waals surface area contributed by atoms with Crippen LogP contribution in [0.3, 0.4) is 0 Å². The van der Waals surface area contributed by atoms with E-state index in [1.54, 1.807) is 18.3 Å². The number of hydrogen-bond donors (Lipinski definition) is 2. The molecule has 2 heterocycles. The Morgan fingerprint density at radius 3 is 2.79 bits per heavy atom. The second kappa shape index (κ2) is 6.24. The quantitative estimate of drug-likeness (QED) is 0.876.